The third-order valence-electron chi connectivity index (χ3n) is 3.19. The van der Waals surface area contributed by atoms with Crippen LogP contribution < -0.4 is 5.32 Å². The van der Waals surface area contributed by atoms with Crippen LogP contribution in [-0.2, 0) is 11.2 Å². The summed E-state index contributed by atoms with van der Waals surface area (Å²) < 4.78 is 0. The van der Waals surface area contributed by atoms with Crippen LogP contribution in [0.4, 0.5) is 5.69 Å². The van der Waals surface area contributed by atoms with E-state index in [0.29, 0.717) is 17.3 Å². The number of rotatable bonds is 3. The average Bonchev–Trinajstić information content (AvgIpc) is 2.47. The molecule has 0 atom stereocenters. The number of amides is 1. The highest BCUT2D eigenvalue weighted by Gasteiger charge is 2.05. The molecule has 1 amide bonds. The van der Waals surface area contributed by atoms with Crippen molar-refractivity contribution in [3.8, 4) is 0 Å². The normalized spacial score (nSPS) is 10.5. The fraction of sp³-hybridized carbons (Fsp3) is 0.0588. The first-order valence-corrected chi connectivity index (χ1v) is 6.97. The first kappa shape index (κ1) is 13.6. The number of carbonyl (C=O) groups is 1. The van der Waals surface area contributed by atoms with Gasteiger partial charge in [0, 0.05) is 11.9 Å². The van der Waals surface area contributed by atoms with Crippen LogP contribution in [0.15, 0.2) is 60.8 Å². The van der Waals surface area contributed by atoms with E-state index in [4.69, 9.17) is 11.6 Å². The van der Waals surface area contributed by atoms with Gasteiger partial charge in [-0.1, -0.05) is 54.1 Å². The van der Waals surface area contributed by atoms with Gasteiger partial charge in [0.05, 0.1) is 6.42 Å². The van der Waals surface area contributed by atoms with Crippen LogP contribution >= 0.6 is 11.6 Å². The molecule has 0 saturated heterocycles. The Labute approximate surface area is 127 Å². The quantitative estimate of drug-likeness (QED) is 0.740. The van der Waals surface area contributed by atoms with E-state index in [1.807, 2.05) is 36.4 Å². The molecule has 0 aliphatic heterocycles. The molecule has 1 aromatic heterocycles. The van der Waals surface area contributed by atoms with E-state index in [1.54, 1.807) is 18.3 Å². The molecule has 3 aromatic rings. The standard InChI is InChI=1S/C17H13ClN2O/c18-16-11-15(7-8-19-16)20-17(21)10-12-5-6-13-3-1-2-4-14(13)9-12/h1-9,11H,10H2,(H,19,20,21). The molecular formula is C17H13ClN2O. The monoisotopic (exact) mass is 296 g/mol. The van der Waals surface area contributed by atoms with Crippen LogP contribution in [0.1, 0.15) is 5.56 Å². The minimum atomic E-state index is -0.0763. The predicted octanol–water partition coefficient (Wildman–Crippen LogP) is 4.07. The highest BCUT2D eigenvalue weighted by atomic mass is 35.5. The summed E-state index contributed by atoms with van der Waals surface area (Å²) in [5.74, 6) is -0.0763. The van der Waals surface area contributed by atoms with Gasteiger partial charge in [0.15, 0.2) is 0 Å². The molecule has 0 saturated carbocycles. The van der Waals surface area contributed by atoms with Crippen LogP contribution in [0.3, 0.4) is 0 Å². The van der Waals surface area contributed by atoms with E-state index < -0.39 is 0 Å². The van der Waals surface area contributed by atoms with Gasteiger partial charge in [0.1, 0.15) is 5.15 Å². The Morgan fingerprint density at radius 1 is 1.05 bits per heavy atom. The van der Waals surface area contributed by atoms with Gasteiger partial charge < -0.3 is 5.32 Å². The maximum absolute atomic E-state index is 12.1. The summed E-state index contributed by atoms with van der Waals surface area (Å²) in [6.07, 6.45) is 1.89. The predicted molar refractivity (Wildman–Crippen MR) is 85.5 cm³/mol. The molecule has 0 spiro atoms. The van der Waals surface area contributed by atoms with Gasteiger partial charge >= 0.3 is 0 Å². The number of halogens is 1. The summed E-state index contributed by atoms with van der Waals surface area (Å²) in [4.78, 5) is 15.9. The van der Waals surface area contributed by atoms with E-state index in [0.717, 1.165) is 10.9 Å². The fourth-order valence-electron chi connectivity index (χ4n) is 2.22. The van der Waals surface area contributed by atoms with Crippen LogP contribution in [0.25, 0.3) is 10.8 Å². The van der Waals surface area contributed by atoms with E-state index >= 15 is 0 Å². The van der Waals surface area contributed by atoms with E-state index in [1.165, 1.54) is 5.39 Å². The minimum absolute atomic E-state index is 0.0763. The number of benzene rings is 2. The van der Waals surface area contributed by atoms with Gasteiger partial charge in [-0.2, -0.15) is 0 Å². The summed E-state index contributed by atoms with van der Waals surface area (Å²) >= 11 is 5.79. The lowest BCUT2D eigenvalue weighted by molar-refractivity contribution is -0.115. The summed E-state index contributed by atoms with van der Waals surface area (Å²) in [5, 5.41) is 5.48. The molecule has 0 unspecified atom stereocenters. The second-order valence-electron chi connectivity index (χ2n) is 4.77. The SMILES string of the molecule is O=C(Cc1ccc2ccccc2c1)Nc1ccnc(Cl)c1. The largest absolute Gasteiger partial charge is 0.326 e. The molecule has 104 valence electrons. The number of carbonyl (C=O) groups excluding carboxylic acids is 1. The average molecular weight is 297 g/mol. The topological polar surface area (TPSA) is 42.0 Å². The molecule has 0 aliphatic carbocycles. The van der Waals surface area contributed by atoms with Crippen molar-refractivity contribution in [3.63, 3.8) is 0 Å². The van der Waals surface area contributed by atoms with Gasteiger partial charge in [-0.15, -0.1) is 0 Å². The Balaban J connectivity index is 1.74. The number of fused-ring (bicyclic) bond motifs is 1. The zero-order chi connectivity index (χ0) is 14.7. The maximum Gasteiger partial charge on any atom is 0.228 e. The molecule has 4 heteroatoms. The Hall–Kier alpha value is -2.39. The van der Waals surface area contributed by atoms with Crippen LogP contribution in [0.5, 0.6) is 0 Å². The molecule has 0 fully saturated rings. The number of aromatic nitrogens is 1. The van der Waals surface area contributed by atoms with Crippen molar-refractivity contribution < 1.29 is 4.79 Å². The van der Waals surface area contributed by atoms with Crippen LogP contribution in [-0.4, -0.2) is 10.9 Å². The Morgan fingerprint density at radius 2 is 1.86 bits per heavy atom. The van der Waals surface area contributed by atoms with Crippen molar-refractivity contribution in [1.82, 2.24) is 4.98 Å². The molecule has 0 radical (unpaired) electrons. The third kappa shape index (κ3) is 3.38. The number of anilines is 1. The van der Waals surface area contributed by atoms with Crippen molar-refractivity contribution in [3.05, 3.63) is 71.5 Å². The van der Waals surface area contributed by atoms with Gasteiger partial charge in [-0.25, -0.2) is 4.98 Å². The van der Waals surface area contributed by atoms with Gasteiger partial charge in [0.2, 0.25) is 5.91 Å². The molecule has 0 bridgehead atoms. The first-order chi connectivity index (χ1) is 10.2. The van der Waals surface area contributed by atoms with Gasteiger partial charge in [0.25, 0.3) is 0 Å². The second kappa shape index (κ2) is 5.94. The Kier molecular flexibility index (Phi) is 3.84. The molecule has 21 heavy (non-hydrogen) atoms. The minimum Gasteiger partial charge on any atom is -0.326 e. The summed E-state index contributed by atoms with van der Waals surface area (Å²) in [5.41, 5.74) is 1.63. The number of hydrogen-bond donors (Lipinski definition) is 1. The highest BCUT2D eigenvalue weighted by molar-refractivity contribution is 6.29. The molecule has 2 aromatic carbocycles. The first-order valence-electron chi connectivity index (χ1n) is 6.60. The van der Waals surface area contributed by atoms with Crippen molar-refractivity contribution in [2.24, 2.45) is 0 Å². The molecule has 1 heterocycles. The molecule has 3 rings (SSSR count). The van der Waals surface area contributed by atoms with Crippen molar-refractivity contribution in [2.45, 2.75) is 6.42 Å². The maximum atomic E-state index is 12.1. The molecule has 1 N–H and O–H groups in total. The van der Waals surface area contributed by atoms with Gasteiger partial charge in [-0.3, -0.25) is 4.79 Å². The lowest BCUT2D eigenvalue weighted by atomic mass is 10.0. The number of hydrogen-bond acceptors (Lipinski definition) is 2. The third-order valence-corrected chi connectivity index (χ3v) is 3.40. The summed E-state index contributed by atoms with van der Waals surface area (Å²) in [7, 11) is 0. The summed E-state index contributed by atoms with van der Waals surface area (Å²) in [6.45, 7) is 0. The fourth-order valence-corrected chi connectivity index (χ4v) is 2.39. The van der Waals surface area contributed by atoms with Gasteiger partial charge in [-0.05, 0) is 28.5 Å². The van der Waals surface area contributed by atoms with E-state index in [9.17, 15) is 4.79 Å². The van der Waals surface area contributed by atoms with E-state index in [2.05, 4.69) is 16.4 Å². The molecule has 0 aliphatic rings. The highest BCUT2D eigenvalue weighted by Crippen LogP contribution is 2.17. The zero-order valence-electron chi connectivity index (χ0n) is 11.2. The van der Waals surface area contributed by atoms with Crippen molar-refractivity contribution in [2.75, 3.05) is 5.32 Å². The summed E-state index contributed by atoms with van der Waals surface area (Å²) in [6, 6.07) is 17.5. The van der Waals surface area contributed by atoms with Crippen molar-refractivity contribution >= 4 is 34.0 Å². The number of pyridine rings is 1. The molecular weight excluding hydrogens is 284 g/mol. The Morgan fingerprint density at radius 3 is 2.67 bits per heavy atom. The molecule has 3 nitrogen and oxygen atoms in total. The van der Waals surface area contributed by atoms with E-state index in [-0.39, 0.29) is 5.91 Å². The number of nitrogens with one attached hydrogen (secondary N) is 1. The lowest BCUT2D eigenvalue weighted by Gasteiger charge is -2.06. The zero-order valence-corrected chi connectivity index (χ0v) is 12.0. The number of nitrogens with zero attached hydrogens (tertiary/aromatic N) is 1. The lowest BCUT2D eigenvalue weighted by Crippen LogP contribution is -2.14. The van der Waals surface area contributed by atoms with Crippen LogP contribution in [0.2, 0.25) is 5.15 Å². The van der Waals surface area contributed by atoms with Crippen LogP contribution in [0, 0.1) is 0 Å². The Bertz CT molecular complexity index is 801. The smallest absolute Gasteiger partial charge is 0.228 e. The second-order valence-corrected chi connectivity index (χ2v) is 5.16. The van der Waals surface area contributed by atoms with Crippen molar-refractivity contribution in [1.29, 1.82) is 0 Å².